The van der Waals surface area contributed by atoms with Gasteiger partial charge >= 0.3 is 0 Å². The van der Waals surface area contributed by atoms with Crippen molar-refractivity contribution in [1.29, 1.82) is 0 Å². The summed E-state index contributed by atoms with van der Waals surface area (Å²) in [6.45, 7) is 4.15. The van der Waals surface area contributed by atoms with Crippen molar-refractivity contribution in [2.45, 2.75) is 6.42 Å². The largest absolute Gasteiger partial charge is 0.497 e. The minimum Gasteiger partial charge on any atom is -0.497 e. The van der Waals surface area contributed by atoms with Gasteiger partial charge in [0.25, 0.3) is 0 Å². The molecule has 0 radical (unpaired) electrons. The van der Waals surface area contributed by atoms with E-state index in [0.717, 1.165) is 17.2 Å². The molecule has 118 valence electrons. The molecule has 0 saturated heterocycles. The minimum atomic E-state index is -0.00843. The molecule has 0 bridgehead atoms. The Morgan fingerprint density at radius 1 is 1.17 bits per heavy atom. The number of anilines is 1. The number of carbonyl (C=O) groups excluding carboxylic acids is 1. The SMILES string of the molecule is C=C(CC(=O)c1ccc(OC)cc1)Nc1ccc2c(c1)OCO2. The molecule has 0 spiro atoms. The van der Waals surface area contributed by atoms with Gasteiger partial charge in [-0.2, -0.15) is 0 Å². The second-order valence-electron chi connectivity index (χ2n) is 5.13. The molecule has 0 unspecified atom stereocenters. The number of benzene rings is 2. The first kappa shape index (κ1) is 15.0. The van der Waals surface area contributed by atoms with Gasteiger partial charge in [-0.1, -0.05) is 6.58 Å². The van der Waals surface area contributed by atoms with E-state index in [1.807, 2.05) is 18.2 Å². The van der Waals surface area contributed by atoms with Crippen molar-refractivity contribution < 1.29 is 19.0 Å². The van der Waals surface area contributed by atoms with Crippen LogP contribution in [0.5, 0.6) is 17.2 Å². The van der Waals surface area contributed by atoms with Crippen LogP contribution in [0.3, 0.4) is 0 Å². The zero-order valence-corrected chi connectivity index (χ0v) is 12.8. The smallest absolute Gasteiger partial charge is 0.231 e. The molecule has 1 N–H and O–H groups in total. The van der Waals surface area contributed by atoms with Gasteiger partial charge in [-0.25, -0.2) is 0 Å². The highest BCUT2D eigenvalue weighted by Crippen LogP contribution is 2.34. The van der Waals surface area contributed by atoms with Gasteiger partial charge in [0.05, 0.1) is 13.5 Å². The first-order valence-electron chi connectivity index (χ1n) is 7.17. The molecule has 23 heavy (non-hydrogen) atoms. The van der Waals surface area contributed by atoms with Crippen LogP contribution in [0, 0.1) is 0 Å². The highest BCUT2D eigenvalue weighted by Gasteiger charge is 2.14. The Kier molecular flexibility index (Phi) is 4.19. The van der Waals surface area contributed by atoms with E-state index in [1.165, 1.54) is 0 Å². The van der Waals surface area contributed by atoms with Crippen molar-refractivity contribution in [3.8, 4) is 17.2 Å². The quantitative estimate of drug-likeness (QED) is 0.826. The average Bonchev–Trinajstić information content (AvgIpc) is 3.02. The van der Waals surface area contributed by atoms with Crippen molar-refractivity contribution in [2.75, 3.05) is 19.2 Å². The fourth-order valence-corrected chi connectivity index (χ4v) is 2.30. The molecule has 5 heteroatoms. The number of carbonyl (C=O) groups is 1. The van der Waals surface area contributed by atoms with Crippen LogP contribution < -0.4 is 19.5 Å². The molecule has 2 aromatic carbocycles. The second-order valence-corrected chi connectivity index (χ2v) is 5.13. The van der Waals surface area contributed by atoms with E-state index < -0.39 is 0 Å². The highest BCUT2D eigenvalue weighted by atomic mass is 16.7. The van der Waals surface area contributed by atoms with Crippen LogP contribution in [0.2, 0.25) is 0 Å². The van der Waals surface area contributed by atoms with Crippen molar-refractivity contribution in [3.05, 3.63) is 60.3 Å². The number of hydrogen-bond acceptors (Lipinski definition) is 5. The molecule has 0 atom stereocenters. The van der Waals surface area contributed by atoms with E-state index in [1.54, 1.807) is 31.4 Å². The van der Waals surface area contributed by atoms with Gasteiger partial charge in [0.15, 0.2) is 17.3 Å². The molecule has 0 fully saturated rings. The van der Waals surface area contributed by atoms with Crippen molar-refractivity contribution in [3.63, 3.8) is 0 Å². The van der Waals surface area contributed by atoms with E-state index in [0.29, 0.717) is 17.0 Å². The molecule has 0 saturated carbocycles. The van der Waals surface area contributed by atoms with Crippen LogP contribution in [0.15, 0.2) is 54.7 Å². The number of allylic oxidation sites excluding steroid dienone is 1. The Morgan fingerprint density at radius 2 is 1.91 bits per heavy atom. The molecule has 0 aliphatic carbocycles. The van der Waals surface area contributed by atoms with E-state index in [9.17, 15) is 4.79 Å². The summed E-state index contributed by atoms with van der Waals surface area (Å²) in [6, 6.07) is 12.5. The summed E-state index contributed by atoms with van der Waals surface area (Å²) >= 11 is 0. The Labute approximate surface area is 134 Å². The molecular weight excluding hydrogens is 294 g/mol. The molecule has 1 aliphatic rings. The van der Waals surface area contributed by atoms with Gasteiger partial charge in [0, 0.05) is 23.0 Å². The van der Waals surface area contributed by atoms with Crippen LogP contribution in [-0.2, 0) is 0 Å². The minimum absolute atomic E-state index is 0.00843. The van der Waals surface area contributed by atoms with Crippen LogP contribution >= 0.6 is 0 Å². The highest BCUT2D eigenvalue weighted by molar-refractivity contribution is 5.97. The Balaban J connectivity index is 1.61. The Bertz CT molecular complexity index is 737. The lowest BCUT2D eigenvalue weighted by Gasteiger charge is -2.10. The maximum atomic E-state index is 12.2. The molecule has 3 rings (SSSR count). The number of ketones is 1. The van der Waals surface area contributed by atoms with Gasteiger partial charge in [-0.3, -0.25) is 4.79 Å². The number of Topliss-reactive ketones (excluding diaryl/α,β-unsaturated/α-hetero) is 1. The lowest BCUT2D eigenvalue weighted by molar-refractivity contribution is 0.0993. The summed E-state index contributed by atoms with van der Waals surface area (Å²) in [5.74, 6) is 2.12. The van der Waals surface area contributed by atoms with Crippen molar-refractivity contribution >= 4 is 11.5 Å². The first-order valence-corrected chi connectivity index (χ1v) is 7.17. The van der Waals surface area contributed by atoms with E-state index in [2.05, 4.69) is 11.9 Å². The van der Waals surface area contributed by atoms with Crippen molar-refractivity contribution in [2.24, 2.45) is 0 Å². The summed E-state index contributed by atoms with van der Waals surface area (Å²) in [7, 11) is 1.59. The van der Waals surface area contributed by atoms with E-state index in [-0.39, 0.29) is 19.0 Å². The van der Waals surface area contributed by atoms with Crippen LogP contribution in [-0.4, -0.2) is 19.7 Å². The maximum absolute atomic E-state index is 12.2. The molecule has 2 aromatic rings. The van der Waals surface area contributed by atoms with E-state index >= 15 is 0 Å². The number of rotatable bonds is 6. The average molecular weight is 311 g/mol. The van der Waals surface area contributed by atoms with E-state index in [4.69, 9.17) is 14.2 Å². The summed E-state index contributed by atoms with van der Waals surface area (Å²) in [4.78, 5) is 12.2. The fourth-order valence-electron chi connectivity index (χ4n) is 2.30. The van der Waals surface area contributed by atoms with Gasteiger partial charge in [0.1, 0.15) is 5.75 Å². The number of methoxy groups -OCH3 is 1. The predicted molar refractivity (Wildman–Crippen MR) is 87.3 cm³/mol. The predicted octanol–water partition coefficient (Wildman–Crippen LogP) is 3.62. The third-order valence-corrected chi connectivity index (χ3v) is 3.48. The second kappa shape index (κ2) is 6.44. The monoisotopic (exact) mass is 311 g/mol. The van der Waals surface area contributed by atoms with Gasteiger partial charge in [-0.15, -0.1) is 0 Å². The molecular formula is C18H17NO4. The lowest BCUT2D eigenvalue weighted by Crippen LogP contribution is -2.06. The number of hydrogen-bond donors (Lipinski definition) is 1. The third-order valence-electron chi connectivity index (χ3n) is 3.48. The lowest BCUT2D eigenvalue weighted by atomic mass is 10.1. The summed E-state index contributed by atoms with van der Waals surface area (Å²) < 4.78 is 15.7. The fraction of sp³-hybridized carbons (Fsp3) is 0.167. The first-order chi connectivity index (χ1) is 11.2. The third kappa shape index (κ3) is 3.45. The molecule has 1 aliphatic heterocycles. The topological polar surface area (TPSA) is 56.8 Å². The van der Waals surface area contributed by atoms with Gasteiger partial charge < -0.3 is 19.5 Å². The molecule has 5 nitrogen and oxygen atoms in total. The maximum Gasteiger partial charge on any atom is 0.231 e. The Morgan fingerprint density at radius 3 is 2.65 bits per heavy atom. The van der Waals surface area contributed by atoms with Gasteiger partial charge in [-0.05, 0) is 36.4 Å². The normalized spacial score (nSPS) is 11.9. The van der Waals surface area contributed by atoms with Crippen LogP contribution in [0.1, 0.15) is 16.8 Å². The number of nitrogens with one attached hydrogen (secondary N) is 1. The summed E-state index contributed by atoms with van der Waals surface area (Å²) in [5, 5.41) is 3.12. The molecule has 0 amide bonds. The molecule has 1 heterocycles. The van der Waals surface area contributed by atoms with Crippen LogP contribution in [0.4, 0.5) is 5.69 Å². The Hall–Kier alpha value is -2.95. The summed E-state index contributed by atoms with van der Waals surface area (Å²) in [6.07, 6.45) is 0.209. The molecule has 0 aromatic heterocycles. The van der Waals surface area contributed by atoms with Gasteiger partial charge in [0.2, 0.25) is 6.79 Å². The number of fused-ring (bicyclic) bond motifs is 1. The van der Waals surface area contributed by atoms with Crippen molar-refractivity contribution in [1.82, 2.24) is 0 Å². The van der Waals surface area contributed by atoms with Crippen LogP contribution in [0.25, 0.3) is 0 Å². The zero-order chi connectivity index (χ0) is 16.2. The number of ether oxygens (including phenoxy) is 3. The summed E-state index contributed by atoms with van der Waals surface area (Å²) in [5.41, 5.74) is 2.05. The zero-order valence-electron chi connectivity index (χ0n) is 12.8. The standard InChI is InChI=1S/C18H17NO4/c1-12(9-16(20)13-3-6-15(21-2)7-4-13)19-14-5-8-17-18(10-14)23-11-22-17/h3-8,10,19H,1,9,11H2,2H3.